The number of anilines is 2. The molecular formula is C51H61Cl2N5O9. The Bertz CT molecular complexity index is 2500. The normalized spacial score (nSPS) is 15.6. The highest BCUT2D eigenvalue weighted by Crippen LogP contribution is 2.60. The average molecular weight is 959 g/mol. The molecule has 3 aliphatic heterocycles. The quantitative estimate of drug-likeness (QED) is 0.0533. The van der Waals surface area contributed by atoms with Crippen LogP contribution in [0, 0.1) is 13.8 Å². The molecule has 0 aliphatic carbocycles. The van der Waals surface area contributed by atoms with Crippen molar-refractivity contribution in [3.05, 3.63) is 108 Å². The third-order valence-electron chi connectivity index (χ3n) is 13.0. The van der Waals surface area contributed by atoms with E-state index in [-0.39, 0.29) is 52.1 Å². The van der Waals surface area contributed by atoms with E-state index in [4.69, 9.17) is 37.4 Å². The number of carbonyl (C=O) groups excluding carboxylic acids is 4. The maximum atomic E-state index is 14.2. The van der Waals surface area contributed by atoms with E-state index in [2.05, 4.69) is 22.2 Å². The fraction of sp³-hybridized carbons (Fsp3) is 0.451. The van der Waals surface area contributed by atoms with Crippen LogP contribution in [0.2, 0.25) is 10.0 Å². The SMILES string of the molecule is Cc1cc2c(cc1N(C)C)Oc1cc(N(C)C)c(C)cc1C21OC(=O)c2c(Cl)c(C(=O)CCc3c(CO)cc(OC(C)CC(=O)NCCCC(=O)CN4CCN(C)CC4)cc3CO)cc(Cl)c21. The Kier molecular flexibility index (Phi) is 15.2. The summed E-state index contributed by atoms with van der Waals surface area (Å²) in [6.07, 6.45) is 0.444. The van der Waals surface area contributed by atoms with Crippen LogP contribution in [0.3, 0.4) is 0 Å². The minimum atomic E-state index is -1.55. The van der Waals surface area contributed by atoms with E-state index in [1.807, 2.05) is 76.1 Å². The number of halogens is 2. The summed E-state index contributed by atoms with van der Waals surface area (Å²) >= 11 is 14.3. The number of likely N-dealkylation sites (N-methyl/N-ethyl adjacent to an activating group) is 1. The van der Waals surface area contributed by atoms with Gasteiger partial charge in [0.05, 0.1) is 41.8 Å². The number of fused-ring (bicyclic) bond motifs is 6. The van der Waals surface area contributed by atoms with E-state index in [9.17, 15) is 29.4 Å². The number of nitrogens with zero attached hydrogens (tertiary/aromatic N) is 4. The van der Waals surface area contributed by atoms with Crippen molar-refractivity contribution in [2.45, 2.75) is 77.8 Å². The van der Waals surface area contributed by atoms with Gasteiger partial charge in [-0.2, -0.15) is 0 Å². The van der Waals surface area contributed by atoms with E-state index in [1.54, 1.807) is 19.1 Å². The Morgan fingerprint density at radius 1 is 0.866 bits per heavy atom. The number of hydrogen-bond donors (Lipinski definition) is 3. The number of benzene rings is 4. The molecule has 16 heteroatoms. The highest BCUT2D eigenvalue weighted by Gasteiger charge is 2.56. The van der Waals surface area contributed by atoms with Crippen LogP contribution in [0.5, 0.6) is 17.2 Å². The fourth-order valence-corrected chi connectivity index (χ4v) is 10.2. The van der Waals surface area contributed by atoms with Crippen LogP contribution in [-0.4, -0.2) is 124 Å². The fourth-order valence-electron chi connectivity index (χ4n) is 9.55. The summed E-state index contributed by atoms with van der Waals surface area (Å²) in [7, 11) is 9.82. The number of nitrogens with one attached hydrogen (secondary N) is 1. The topological polar surface area (TPSA) is 161 Å². The lowest BCUT2D eigenvalue weighted by Crippen LogP contribution is -2.46. The first-order valence-corrected chi connectivity index (χ1v) is 23.5. The second-order valence-electron chi connectivity index (χ2n) is 18.4. The summed E-state index contributed by atoms with van der Waals surface area (Å²) in [5.74, 6) is 0.0838. The molecule has 7 rings (SSSR count). The molecule has 1 unspecified atom stereocenters. The monoisotopic (exact) mass is 957 g/mol. The zero-order chi connectivity index (χ0) is 48.5. The number of rotatable bonds is 18. The first kappa shape index (κ1) is 49.7. The third-order valence-corrected chi connectivity index (χ3v) is 13.7. The summed E-state index contributed by atoms with van der Waals surface area (Å²) in [6.45, 7) is 9.31. The Balaban J connectivity index is 1.06. The number of aryl methyl sites for hydroxylation is 2. The van der Waals surface area contributed by atoms with Crippen LogP contribution < -0.4 is 24.6 Å². The lowest BCUT2D eigenvalue weighted by atomic mass is 9.76. The van der Waals surface area contributed by atoms with Gasteiger partial charge in [0.1, 0.15) is 29.1 Å². The smallest absolute Gasteiger partial charge is 0.341 e. The molecule has 4 aromatic rings. The number of aliphatic hydroxyl groups is 2. The van der Waals surface area contributed by atoms with Crippen molar-refractivity contribution in [1.29, 1.82) is 0 Å². The highest BCUT2D eigenvalue weighted by atomic mass is 35.5. The van der Waals surface area contributed by atoms with Crippen molar-refractivity contribution in [2.24, 2.45) is 0 Å². The lowest BCUT2D eigenvalue weighted by Gasteiger charge is -2.38. The number of amides is 1. The predicted molar refractivity (Wildman–Crippen MR) is 260 cm³/mol. The second kappa shape index (κ2) is 20.6. The van der Waals surface area contributed by atoms with E-state index >= 15 is 0 Å². The maximum Gasteiger partial charge on any atom is 0.341 e. The number of piperazine rings is 1. The van der Waals surface area contributed by atoms with E-state index in [0.29, 0.717) is 76.6 Å². The Morgan fingerprint density at radius 3 is 2.00 bits per heavy atom. The van der Waals surface area contributed by atoms with Gasteiger partial charge in [0.15, 0.2) is 11.4 Å². The first-order valence-electron chi connectivity index (χ1n) is 22.7. The minimum absolute atomic E-state index is 0.0109. The molecule has 1 fully saturated rings. The second-order valence-corrected chi connectivity index (χ2v) is 19.2. The van der Waals surface area contributed by atoms with Crippen molar-refractivity contribution in [2.75, 3.05) is 84.3 Å². The van der Waals surface area contributed by atoms with E-state index in [0.717, 1.165) is 48.7 Å². The molecular weight excluding hydrogens is 897 g/mol. The van der Waals surface area contributed by atoms with Crippen molar-refractivity contribution in [3.63, 3.8) is 0 Å². The molecule has 358 valence electrons. The van der Waals surface area contributed by atoms with E-state index in [1.165, 1.54) is 6.07 Å². The van der Waals surface area contributed by atoms with Gasteiger partial charge in [-0.3, -0.25) is 19.3 Å². The Morgan fingerprint density at radius 2 is 1.45 bits per heavy atom. The summed E-state index contributed by atoms with van der Waals surface area (Å²) in [4.78, 5) is 62.0. The molecule has 0 radical (unpaired) electrons. The molecule has 3 N–H and O–H groups in total. The minimum Gasteiger partial charge on any atom is -0.490 e. The molecule has 0 aromatic heterocycles. The van der Waals surface area contributed by atoms with Gasteiger partial charge in [0.25, 0.3) is 0 Å². The van der Waals surface area contributed by atoms with Crippen molar-refractivity contribution < 1.29 is 43.6 Å². The number of Topliss-reactive ketones (excluding diaryl/α,β-unsaturated/α-hetero) is 2. The van der Waals surface area contributed by atoms with Gasteiger partial charge >= 0.3 is 5.97 Å². The lowest BCUT2D eigenvalue weighted by molar-refractivity contribution is -0.123. The molecule has 1 saturated heterocycles. The summed E-state index contributed by atoms with van der Waals surface area (Å²) < 4.78 is 19.2. The third kappa shape index (κ3) is 10.2. The number of esters is 1. The largest absolute Gasteiger partial charge is 0.490 e. The van der Waals surface area contributed by atoms with Crippen LogP contribution in [0.4, 0.5) is 11.4 Å². The van der Waals surface area contributed by atoms with Gasteiger partial charge in [-0.25, -0.2) is 4.79 Å². The Labute approximate surface area is 402 Å². The zero-order valence-electron chi connectivity index (χ0n) is 39.6. The van der Waals surface area contributed by atoms with Crippen LogP contribution >= 0.6 is 23.2 Å². The predicted octanol–water partition coefficient (Wildman–Crippen LogP) is 6.98. The molecule has 1 spiro atoms. The molecule has 1 atom stereocenters. The van der Waals surface area contributed by atoms with Gasteiger partial charge in [-0.15, -0.1) is 0 Å². The number of ether oxygens (including phenoxy) is 3. The molecule has 67 heavy (non-hydrogen) atoms. The molecule has 4 aromatic carbocycles. The molecule has 3 heterocycles. The summed E-state index contributed by atoms with van der Waals surface area (Å²) in [6, 6.07) is 12.4. The van der Waals surface area contributed by atoms with Crippen LogP contribution in [0.25, 0.3) is 0 Å². The standard InChI is InChI=1S/C51H61Cl2N5O9/c1-29-18-38-44(24-41(29)55(4)5)66-45-25-42(56(6)7)30(2)19-39(45)51(38)48-40(52)23-37(49(53)47(48)50(64)67-51)43(62)12-11-36-32(27-59)21-35(22-33(36)28-60)65-31(3)20-46(63)54-13-9-10-34(61)26-58-16-14-57(8)15-17-58/h18-19,21-25,31,59-60H,9-17,20,26-28H2,1-8H3,(H,54,63). The van der Waals surface area contributed by atoms with Gasteiger partial charge in [0, 0.05) is 120 Å². The van der Waals surface area contributed by atoms with Gasteiger partial charge in [0.2, 0.25) is 5.91 Å². The molecule has 1 amide bonds. The van der Waals surface area contributed by atoms with Gasteiger partial charge in [-0.05, 0) is 98.8 Å². The number of carbonyl (C=O) groups is 4. The van der Waals surface area contributed by atoms with Crippen LogP contribution in [0.15, 0.2) is 42.5 Å². The number of ketones is 2. The van der Waals surface area contributed by atoms with Crippen LogP contribution in [-0.2, 0) is 39.6 Å². The number of aliphatic hydroxyl groups excluding tert-OH is 2. The Hall–Kier alpha value is -5.22. The summed E-state index contributed by atoms with van der Waals surface area (Å²) in [5, 5.41) is 23.8. The van der Waals surface area contributed by atoms with Crippen molar-refractivity contribution >= 4 is 58.0 Å². The average Bonchev–Trinajstić information content (AvgIpc) is 3.59. The van der Waals surface area contributed by atoms with Crippen molar-refractivity contribution in [3.8, 4) is 17.2 Å². The van der Waals surface area contributed by atoms with Crippen molar-refractivity contribution in [1.82, 2.24) is 15.1 Å². The molecule has 0 saturated carbocycles. The van der Waals surface area contributed by atoms with Gasteiger partial charge < -0.3 is 44.4 Å². The maximum absolute atomic E-state index is 14.2. The zero-order valence-corrected chi connectivity index (χ0v) is 41.1. The molecule has 0 bridgehead atoms. The molecule has 3 aliphatic rings. The van der Waals surface area contributed by atoms with E-state index < -0.39 is 36.7 Å². The van der Waals surface area contributed by atoms with Gasteiger partial charge in [-0.1, -0.05) is 23.2 Å². The van der Waals surface area contributed by atoms with Crippen LogP contribution in [0.1, 0.15) is 97.8 Å². The first-order chi connectivity index (χ1) is 31.9. The highest BCUT2D eigenvalue weighted by molar-refractivity contribution is 6.40. The number of hydrogen-bond acceptors (Lipinski definition) is 13. The molecule has 14 nitrogen and oxygen atoms in total. The summed E-state index contributed by atoms with van der Waals surface area (Å²) in [5.41, 5.74) is 4.99.